The normalized spacial score (nSPS) is 15.0. The van der Waals surface area contributed by atoms with E-state index < -0.39 is 0 Å². The van der Waals surface area contributed by atoms with E-state index in [0.717, 1.165) is 37.2 Å². The maximum atomic E-state index is 12.5. The van der Waals surface area contributed by atoms with Crippen LogP contribution in [0, 0.1) is 13.8 Å². The first-order chi connectivity index (χ1) is 13.1. The zero-order chi connectivity index (χ0) is 18.8. The van der Waals surface area contributed by atoms with Crippen molar-refractivity contribution in [1.29, 1.82) is 0 Å². The highest BCUT2D eigenvalue weighted by Gasteiger charge is 2.19. The highest BCUT2D eigenvalue weighted by molar-refractivity contribution is 7.14. The molecule has 8 heteroatoms. The second kappa shape index (κ2) is 7.58. The molecular weight excluding hydrogens is 360 g/mol. The molecule has 1 amide bonds. The van der Waals surface area contributed by atoms with Gasteiger partial charge in [0.15, 0.2) is 10.8 Å². The van der Waals surface area contributed by atoms with Crippen LogP contribution in [0.3, 0.4) is 0 Å². The number of carbonyl (C=O) groups excluding carboxylic acids is 1. The van der Waals surface area contributed by atoms with Gasteiger partial charge in [-0.3, -0.25) is 10.1 Å². The van der Waals surface area contributed by atoms with Gasteiger partial charge in [0.05, 0.1) is 17.9 Å². The summed E-state index contributed by atoms with van der Waals surface area (Å²) in [7, 11) is 0. The molecule has 0 saturated carbocycles. The van der Waals surface area contributed by atoms with Gasteiger partial charge in [-0.25, -0.2) is 9.67 Å². The lowest BCUT2D eigenvalue weighted by atomic mass is 10.1. The molecule has 2 aromatic heterocycles. The number of piperidine rings is 1. The number of benzene rings is 1. The molecule has 3 aromatic rings. The number of anilines is 1. The average molecular weight is 382 g/mol. The van der Waals surface area contributed by atoms with Crippen molar-refractivity contribution in [2.24, 2.45) is 0 Å². The third kappa shape index (κ3) is 3.91. The van der Waals surface area contributed by atoms with E-state index in [0.29, 0.717) is 16.9 Å². The van der Waals surface area contributed by atoms with E-state index in [9.17, 15) is 4.79 Å². The fourth-order valence-electron chi connectivity index (χ4n) is 3.16. The summed E-state index contributed by atoms with van der Waals surface area (Å²) in [6.45, 7) is 6.10. The lowest BCUT2D eigenvalue weighted by molar-refractivity contribution is 0.102. The Bertz CT molecular complexity index is 957. The Labute approximate surface area is 161 Å². The summed E-state index contributed by atoms with van der Waals surface area (Å²) in [4.78, 5) is 17.0. The Morgan fingerprint density at radius 3 is 2.85 bits per heavy atom. The molecule has 1 saturated heterocycles. The minimum Gasteiger partial charge on any atom is -0.317 e. The topological polar surface area (TPSA) is 84.7 Å². The van der Waals surface area contributed by atoms with Crippen molar-refractivity contribution in [3.63, 3.8) is 0 Å². The zero-order valence-corrected chi connectivity index (χ0v) is 16.2. The molecule has 1 aromatic carbocycles. The molecule has 4 rings (SSSR count). The standard InChI is InChI=1S/C19H22N6OS/c1-12-3-4-14(9-13(12)2)17-11-27-19(21-17)22-18(26)16-10-25(24-23-16)15-5-7-20-8-6-15/h3-4,9-11,15,20H,5-8H2,1-2H3,(H,21,22,26). The SMILES string of the molecule is Cc1ccc(-c2csc(NC(=O)c3cn(C4CCNCC4)nn3)n2)cc1C. The van der Waals surface area contributed by atoms with Crippen LogP contribution in [-0.4, -0.2) is 39.0 Å². The lowest BCUT2D eigenvalue weighted by Gasteiger charge is -2.21. The fourth-order valence-corrected chi connectivity index (χ4v) is 3.87. The number of nitrogens with one attached hydrogen (secondary N) is 2. The third-order valence-electron chi connectivity index (χ3n) is 4.95. The fraction of sp³-hybridized carbons (Fsp3) is 0.368. The number of thiazole rings is 1. The summed E-state index contributed by atoms with van der Waals surface area (Å²) < 4.78 is 1.80. The van der Waals surface area contributed by atoms with Gasteiger partial charge < -0.3 is 5.32 Å². The number of hydrogen-bond acceptors (Lipinski definition) is 6. The first-order valence-corrected chi connectivity index (χ1v) is 9.95. The van der Waals surface area contributed by atoms with Crippen molar-refractivity contribution in [2.75, 3.05) is 18.4 Å². The van der Waals surface area contributed by atoms with Crippen LogP contribution in [0.15, 0.2) is 29.8 Å². The molecule has 0 bridgehead atoms. The van der Waals surface area contributed by atoms with E-state index in [1.165, 1.54) is 22.5 Å². The van der Waals surface area contributed by atoms with Gasteiger partial charge in [-0.05, 0) is 57.0 Å². The average Bonchev–Trinajstić information content (AvgIpc) is 3.34. The van der Waals surface area contributed by atoms with Crippen molar-refractivity contribution >= 4 is 22.4 Å². The van der Waals surface area contributed by atoms with Gasteiger partial charge in [-0.15, -0.1) is 16.4 Å². The summed E-state index contributed by atoms with van der Waals surface area (Å²) in [5.41, 5.74) is 4.69. The second-order valence-electron chi connectivity index (χ2n) is 6.86. The number of aryl methyl sites for hydroxylation is 2. The molecule has 2 N–H and O–H groups in total. The Hall–Kier alpha value is -2.58. The van der Waals surface area contributed by atoms with Crippen LogP contribution in [0.25, 0.3) is 11.3 Å². The van der Waals surface area contributed by atoms with Crippen LogP contribution in [0.1, 0.15) is 40.5 Å². The Morgan fingerprint density at radius 2 is 2.07 bits per heavy atom. The molecule has 140 valence electrons. The van der Waals surface area contributed by atoms with E-state index in [-0.39, 0.29) is 5.91 Å². The maximum Gasteiger partial charge on any atom is 0.279 e. The zero-order valence-electron chi connectivity index (χ0n) is 15.4. The largest absolute Gasteiger partial charge is 0.317 e. The molecule has 0 unspecified atom stereocenters. The molecule has 27 heavy (non-hydrogen) atoms. The van der Waals surface area contributed by atoms with Crippen molar-refractivity contribution < 1.29 is 4.79 Å². The van der Waals surface area contributed by atoms with Gasteiger partial charge in [0, 0.05) is 10.9 Å². The highest BCUT2D eigenvalue weighted by Crippen LogP contribution is 2.26. The lowest BCUT2D eigenvalue weighted by Crippen LogP contribution is -2.29. The van der Waals surface area contributed by atoms with Gasteiger partial charge in [0.2, 0.25) is 0 Å². The number of nitrogens with zero attached hydrogens (tertiary/aromatic N) is 4. The second-order valence-corrected chi connectivity index (χ2v) is 7.71. The molecular formula is C19H22N6OS. The Balaban J connectivity index is 1.45. The predicted molar refractivity (Wildman–Crippen MR) is 106 cm³/mol. The summed E-state index contributed by atoms with van der Waals surface area (Å²) in [5, 5.41) is 16.8. The van der Waals surface area contributed by atoms with Crippen molar-refractivity contribution in [2.45, 2.75) is 32.7 Å². The third-order valence-corrected chi connectivity index (χ3v) is 5.71. The van der Waals surface area contributed by atoms with Gasteiger partial charge in [-0.2, -0.15) is 0 Å². The molecule has 0 atom stereocenters. The van der Waals surface area contributed by atoms with E-state index >= 15 is 0 Å². The summed E-state index contributed by atoms with van der Waals surface area (Å²) in [5.74, 6) is -0.281. The van der Waals surface area contributed by atoms with Crippen molar-refractivity contribution in [1.82, 2.24) is 25.3 Å². The quantitative estimate of drug-likeness (QED) is 0.724. The molecule has 1 aliphatic heterocycles. The Kier molecular flexibility index (Phi) is 5.00. The van der Waals surface area contributed by atoms with Crippen LogP contribution in [0.5, 0.6) is 0 Å². The first-order valence-electron chi connectivity index (χ1n) is 9.07. The van der Waals surface area contributed by atoms with Gasteiger partial charge in [0.1, 0.15) is 0 Å². The smallest absolute Gasteiger partial charge is 0.279 e. The van der Waals surface area contributed by atoms with E-state index in [4.69, 9.17) is 0 Å². The van der Waals surface area contributed by atoms with Crippen LogP contribution < -0.4 is 10.6 Å². The molecule has 0 aliphatic carbocycles. The number of hydrogen-bond donors (Lipinski definition) is 2. The summed E-state index contributed by atoms with van der Waals surface area (Å²) in [6, 6.07) is 6.55. The van der Waals surface area contributed by atoms with Crippen molar-refractivity contribution in [3.8, 4) is 11.3 Å². The monoisotopic (exact) mass is 382 g/mol. The predicted octanol–water partition coefficient (Wildman–Crippen LogP) is 3.20. The van der Waals surface area contributed by atoms with Gasteiger partial charge in [0.25, 0.3) is 5.91 Å². The first kappa shape index (κ1) is 17.8. The molecule has 0 spiro atoms. The molecule has 1 aliphatic rings. The van der Waals surface area contributed by atoms with Crippen LogP contribution in [-0.2, 0) is 0 Å². The van der Waals surface area contributed by atoms with Crippen LogP contribution in [0.4, 0.5) is 5.13 Å². The van der Waals surface area contributed by atoms with Crippen LogP contribution in [0.2, 0.25) is 0 Å². The molecule has 1 fully saturated rings. The number of carbonyl (C=O) groups is 1. The Morgan fingerprint density at radius 1 is 1.26 bits per heavy atom. The summed E-state index contributed by atoms with van der Waals surface area (Å²) >= 11 is 1.41. The molecule has 7 nitrogen and oxygen atoms in total. The van der Waals surface area contributed by atoms with E-state index in [1.54, 1.807) is 10.9 Å². The van der Waals surface area contributed by atoms with Gasteiger partial charge in [-0.1, -0.05) is 17.3 Å². The summed E-state index contributed by atoms with van der Waals surface area (Å²) in [6.07, 6.45) is 3.72. The highest BCUT2D eigenvalue weighted by atomic mass is 32.1. The number of amides is 1. The van der Waals surface area contributed by atoms with E-state index in [2.05, 4.69) is 51.9 Å². The number of rotatable bonds is 4. The van der Waals surface area contributed by atoms with E-state index in [1.807, 2.05) is 11.4 Å². The molecule has 0 radical (unpaired) electrons. The van der Waals surface area contributed by atoms with Gasteiger partial charge >= 0.3 is 0 Å². The minimum absolute atomic E-state index is 0.281. The van der Waals surface area contributed by atoms with Crippen LogP contribution >= 0.6 is 11.3 Å². The maximum absolute atomic E-state index is 12.5. The number of aromatic nitrogens is 4. The van der Waals surface area contributed by atoms with Crippen molar-refractivity contribution in [3.05, 3.63) is 46.6 Å². The molecule has 3 heterocycles. The minimum atomic E-state index is -0.281.